The van der Waals surface area contributed by atoms with E-state index in [9.17, 15) is 14.0 Å². The Bertz CT molecular complexity index is 584. The summed E-state index contributed by atoms with van der Waals surface area (Å²) in [5.41, 5.74) is 7.25. The van der Waals surface area contributed by atoms with Crippen LogP contribution in [-0.2, 0) is 16.0 Å². The van der Waals surface area contributed by atoms with Crippen LogP contribution in [0.4, 0.5) is 4.39 Å². The highest BCUT2D eigenvalue weighted by molar-refractivity contribution is 5.78. The summed E-state index contributed by atoms with van der Waals surface area (Å²) in [6.07, 6.45) is 4.05. The van der Waals surface area contributed by atoms with Gasteiger partial charge in [-0.15, -0.1) is 0 Å². The first-order valence-electron chi connectivity index (χ1n) is 7.72. The molecule has 0 spiro atoms. The van der Waals surface area contributed by atoms with E-state index in [2.05, 4.69) is 11.4 Å². The quantitative estimate of drug-likeness (QED) is 0.736. The number of carbonyl (C=O) groups excluding carboxylic acids is 2. The molecule has 0 aromatic heterocycles. The van der Waals surface area contributed by atoms with Gasteiger partial charge in [0.25, 0.3) is 0 Å². The van der Waals surface area contributed by atoms with Crippen molar-refractivity contribution in [2.24, 2.45) is 5.73 Å². The van der Waals surface area contributed by atoms with Gasteiger partial charge in [0.05, 0.1) is 13.0 Å². The lowest BCUT2D eigenvalue weighted by Crippen LogP contribution is -2.37. The molecule has 1 aromatic rings. The molecule has 0 atom stereocenters. The van der Waals surface area contributed by atoms with Crippen LogP contribution in [0.2, 0.25) is 0 Å². The van der Waals surface area contributed by atoms with E-state index in [1.165, 1.54) is 17.7 Å². The minimum atomic E-state index is -0.310. The summed E-state index contributed by atoms with van der Waals surface area (Å²) in [6.45, 7) is 2.42. The molecule has 2 rings (SSSR count). The van der Waals surface area contributed by atoms with Crippen LogP contribution in [-0.4, -0.2) is 42.9 Å². The predicted molar refractivity (Wildman–Crippen MR) is 86.1 cm³/mol. The van der Waals surface area contributed by atoms with Gasteiger partial charge in [-0.05, 0) is 30.5 Å². The molecule has 1 aromatic carbocycles. The Kier molecular flexibility index (Phi) is 6.29. The topological polar surface area (TPSA) is 75.4 Å². The first-order valence-corrected chi connectivity index (χ1v) is 7.72. The lowest BCUT2D eigenvalue weighted by atomic mass is 10.0. The molecule has 124 valence electrons. The number of hydrogen-bond donors (Lipinski definition) is 2. The molecule has 0 fully saturated rings. The van der Waals surface area contributed by atoms with E-state index in [4.69, 9.17) is 5.73 Å². The smallest absolute Gasteiger partial charge is 0.231 e. The van der Waals surface area contributed by atoms with E-state index in [-0.39, 0.29) is 30.6 Å². The first kappa shape index (κ1) is 17.1. The summed E-state index contributed by atoms with van der Waals surface area (Å²) in [7, 11) is 0. The number of nitrogens with two attached hydrogens (primary N) is 1. The van der Waals surface area contributed by atoms with Crippen molar-refractivity contribution in [1.29, 1.82) is 0 Å². The van der Waals surface area contributed by atoms with Crippen molar-refractivity contribution in [3.63, 3.8) is 0 Å². The number of halogens is 1. The monoisotopic (exact) mass is 319 g/mol. The van der Waals surface area contributed by atoms with Crippen molar-refractivity contribution >= 4 is 11.8 Å². The van der Waals surface area contributed by atoms with E-state index < -0.39 is 0 Å². The van der Waals surface area contributed by atoms with Gasteiger partial charge in [-0.1, -0.05) is 23.8 Å². The Morgan fingerprint density at radius 3 is 2.61 bits per heavy atom. The second kappa shape index (κ2) is 8.43. The Balaban J connectivity index is 1.67. The van der Waals surface area contributed by atoms with Gasteiger partial charge in [0.15, 0.2) is 0 Å². The highest BCUT2D eigenvalue weighted by Gasteiger charge is 2.13. The summed E-state index contributed by atoms with van der Waals surface area (Å²) < 4.78 is 12.8. The number of rotatable bonds is 7. The van der Waals surface area contributed by atoms with Gasteiger partial charge in [0.1, 0.15) is 5.82 Å². The van der Waals surface area contributed by atoms with Crippen molar-refractivity contribution in [2.45, 2.75) is 19.3 Å². The minimum absolute atomic E-state index is 0.0663. The molecule has 1 aliphatic rings. The standard InChI is InChI=1S/C17H22FN3O2/c18-15-3-1-14(2-4-15)11-17(23)20-8-5-13-6-9-21(10-7-13)12-16(19)22/h1-4,6H,5,7-12H2,(H2,19,22)(H,20,23). The predicted octanol–water partition coefficient (Wildman–Crippen LogP) is 0.992. The molecule has 2 amide bonds. The summed E-state index contributed by atoms with van der Waals surface area (Å²) in [5.74, 6) is -0.679. The van der Waals surface area contributed by atoms with Crippen LogP contribution in [0.5, 0.6) is 0 Å². The van der Waals surface area contributed by atoms with E-state index >= 15 is 0 Å². The van der Waals surface area contributed by atoms with E-state index in [0.29, 0.717) is 6.54 Å². The minimum Gasteiger partial charge on any atom is -0.369 e. The summed E-state index contributed by atoms with van der Waals surface area (Å²) in [5, 5.41) is 2.88. The molecular weight excluding hydrogens is 297 g/mol. The zero-order chi connectivity index (χ0) is 16.7. The summed E-state index contributed by atoms with van der Waals surface area (Å²) >= 11 is 0. The number of amides is 2. The second-order valence-corrected chi connectivity index (χ2v) is 5.72. The Morgan fingerprint density at radius 1 is 1.26 bits per heavy atom. The number of hydrogen-bond acceptors (Lipinski definition) is 3. The van der Waals surface area contributed by atoms with Gasteiger partial charge >= 0.3 is 0 Å². The van der Waals surface area contributed by atoms with Gasteiger partial charge in [0, 0.05) is 19.6 Å². The molecule has 3 N–H and O–H groups in total. The van der Waals surface area contributed by atoms with E-state index in [1.807, 2.05) is 4.90 Å². The molecule has 0 bridgehead atoms. The van der Waals surface area contributed by atoms with Crippen molar-refractivity contribution in [3.8, 4) is 0 Å². The average molecular weight is 319 g/mol. The number of nitrogens with one attached hydrogen (secondary N) is 1. The SMILES string of the molecule is NC(=O)CN1CC=C(CCNC(=O)Cc2ccc(F)cc2)CC1. The largest absolute Gasteiger partial charge is 0.369 e. The fourth-order valence-electron chi connectivity index (χ4n) is 2.56. The van der Waals surface area contributed by atoms with E-state index in [1.54, 1.807) is 12.1 Å². The fourth-order valence-corrected chi connectivity index (χ4v) is 2.56. The summed E-state index contributed by atoms with van der Waals surface area (Å²) in [4.78, 5) is 24.7. The molecule has 0 aliphatic carbocycles. The molecule has 1 heterocycles. The maximum Gasteiger partial charge on any atom is 0.231 e. The molecule has 0 saturated heterocycles. The van der Waals surface area contributed by atoms with Crippen LogP contribution in [0.15, 0.2) is 35.9 Å². The van der Waals surface area contributed by atoms with Crippen molar-refractivity contribution < 1.29 is 14.0 Å². The van der Waals surface area contributed by atoms with Crippen LogP contribution in [0, 0.1) is 5.82 Å². The molecule has 1 aliphatic heterocycles. The van der Waals surface area contributed by atoms with E-state index in [0.717, 1.165) is 31.5 Å². The summed E-state index contributed by atoms with van der Waals surface area (Å²) in [6, 6.07) is 5.94. The molecule has 0 saturated carbocycles. The third kappa shape index (κ3) is 6.20. The van der Waals surface area contributed by atoms with Gasteiger partial charge in [-0.25, -0.2) is 4.39 Å². The Morgan fingerprint density at radius 2 is 2.00 bits per heavy atom. The third-order valence-electron chi connectivity index (χ3n) is 3.81. The van der Waals surface area contributed by atoms with Crippen LogP contribution >= 0.6 is 0 Å². The van der Waals surface area contributed by atoms with Crippen LogP contribution in [0.3, 0.4) is 0 Å². The Labute approximate surface area is 135 Å². The van der Waals surface area contributed by atoms with Gasteiger partial charge in [-0.2, -0.15) is 0 Å². The van der Waals surface area contributed by atoms with Crippen LogP contribution < -0.4 is 11.1 Å². The molecule has 23 heavy (non-hydrogen) atoms. The number of carbonyl (C=O) groups is 2. The molecule has 5 nitrogen and oxygen atoms in total. The normalized spacial score (nSPS) is 15.1. The first-order chi connectivity index (χ1) is 11.0. The molecule has 6 heteroatoms. The van der Waals surface area contributed by atoms with Crippen molar-refractivity contribution in [3.05, 3.63) is 47.3 Å². The molecule has 0 radical (unpaired) electrons. The van der Waals surface area contributed by atoms with Gasteiger partial charge in [-0.3, -0.25) is 14.5 Å². The molecule has 0 unspecified atom stereocenters. The maximum absolute atomic E-state index is 12.8. The lowest BCUT2D eigenvalue weighted by molar-refractivity contribution is -0.120. The van der Waals surface area contributed by atoms with Crippen LogP contribution in [0.1, 0.15) is 18.4 Å². The van der Waals surface area contributed by atoms with Gasteiger partial charge in [0.2, 0.25) is 11.8 Å². The highest BCUT2D eigenvalue weighted by Crippen LogP contribution is 2.13. The number of benzene rings is 1. The van der Waals surface area contributed by atoms with Crippen molar-refractivity contribution in [1.82, 2.24) is 10.2 Å². The second-order valence-electron chi connectivity index (χ2n) is 5.72. The fraction of sp³-hybridized carbons (Fsp3) is 0.412. The molecular formula is C17H22FN3O2. The lowest BCUT2D eigenvalue weighted by Gasteiger charge is -2.25. The van der Waals surface area contributed by atoms with Crippen molar-refractivity contribution in [2.75, 3.05) is 26.2 Å². The average Bonchev–Trinajstić information content (AvgIpc) is 2.51. The third-order valence-corrected chi connectivity index (χ3v) is 3.81. The number of primary amides is 1. The Hall–Kier alpha value is -2.21. The zero-order valence-electron chi connectivity index (χ0n) is 13.1. The zero-order valence-corrected chi connectivity index (χ0v) is 13.1. The maximum atomic E-state index is 12.8. The van der Waals surface area contributed by atoms with Gasteiger partial charge < -0.3 is 11.1 Å². The van der Waals surface area contributed by atoms with Crippen LogP contribution in [0.25, 0.3) is 0 Å². The number of nitrogens with zero attached hydrogens (tertiary/aromatic N) is 1. The highest BCUT2D eigenvalue weighted by atomic mass is 19.1.